The molecule has 0 spiro atoms. The molecule has 4 heteroatoms. The van der Waals surface area contributed by atoms with Gasteiger partial charge >= 0.3 is 0 Å². The zero-order chi connectivity index (χ0) is 13.9. The molecule has 0 aromatic heterocycles. The Kier molecular flexibility index (Phi) is 4.37. The van der Waals surface area contributed by atoms with Gasteiger partial charge in [0.25, 0.3) is 0 Å². The highest BCUT2D eigenvalue weighted by atomic mass is 35.5. The van der Waals surface area contributed by atoms with Crippen molar-refractivity contribution in [1.82, 2.24) is 5.32 Å². The first-order valence-corrected chi connectivity index (χ1v) is 7.98. The van der Waals surface area contributed by atoms with Crippen molar-refractivity contribution in [3.8, 4) is 11.5 Å². The van der Waals surface area contributed by atoms with Gasteiger partial charge in [-0.3, -0.25) is 0 Å². The standard InChI is InChI=1S/C16H22ClNO2/c1-2-12-13(9-11-3-5-18-6-4-11)14(17)10-15-16(12)20-8-7-19-15/h10-11,18H,2-9H2,1H3. The summed E-state index contributed by atoms with van der Waals surface area (Å²) in [7, 11) is 0. The normalized spacial score (nSPS) is 19.1. The van der Waals surface area contributed by atoms with E-state index in [1.54, 1.807) is 0 Å². The average Bonchev–Trinajstić information content (AvgIpc) is 2.49. The van der Waals surface area contributed by atoms with Crippen molar-refractivity contribution < 1.29 is 9.47 Å². The largest absolute Gasteiger partial charge is 0.486 e. The lowest BCUT2D eigenvalue weighted by Crippen LogP contribution is -2.29. The molecule has 1 N–H and O–H groups in total. The molecule has 0 radical (unpaired) electrons. The second-order valence-corrected chi connectivity index (χ2v) is 6.00. The summed E-state index contributed by atoms with van der Waals surface area (Å²) < 4.78 is 11.5. The van der Waals surface area contributed by atoms with E-state index in [4.69, 9.17) is 21.1 Å². The number of rotatable bonds is 3. The molecule has 1 saturated heterocycles. The zero-order valence-electron chi connectivity index (χ0n) is 12.0. The Morgan fingerprint density at radius 3 is 2.70 bits per heavy atom. The molecule has 0 bridgehead atoms. The summed E-state index contributed by atoms with van der Waals surface area (Å²) in [5, 5.41) is 4.25. The van der Waals surface area contributed by atoms with Gasteiger partial charge in [0.15, 0.2) is 11.5 Å². The summed E-state index contributed by atoms with van der Waals surface area (Å²) in [6.07, 6.45) is 4.45. The van der Waals surface area contributed by atoms with Crippen molar-refractivity contribution >= 4 is 11.6 Å². The number of nitrogens with one attached hydrogen (secondary N) is 1. The molecular formula is C16H22ClNO2. The Hall–Kier alpha value is -0.930. The van der Waals surface area contributed by atoms with Gasteiger partial charge in [-0.05, 0) is 50.3 Å². The predicted molar refractivity (Wildman–Crippen MR) is 81.1 cm³/mol. The summed E-state index contributed by atoms with van der Waals surface area (Å²) in [5.41, 5.74) is 2.51. The molecular weight excluding hydrogens is 274 g/mol. The van der Waals surface area contributed by atoms with Crippen LogP contribution in [0.25, 0.3) is 0 Å². The fraction of sp³-hybridized carbons (Fsp3) is 0.625. The molecule has 1 fully saturated rings. The van der Waals surface area contributed by atoms with Gasteiger partial charge in [0.05, 0.1) is 0 Å². The maximum atomic E-state index is 6.51. The number of halogens is 1. The molecule has 3 rings (SSSR count). The highest BCUT2D eigenvalue weighted by Gasteiger charge is 2.23. The lowest BCUT2D eigenvalue weighted by Gasteiger charge is -2.27. The van der Waals surface area contributed by atoms with Gasteiger partial charge in [-0.2, -0.15) is 0 Å². The minimum atomic E-state index is 0.611. The molecule has 1 aromatic carbocycles. The first-order valence-electron chi connectivity index (χ1n) is 7.60. The van der Waals surface area contributed by atoms with Crippen LogP contribution in [0.4, 0.5) is 0 Å². The quantitative estimate of drug-likeness (QED) is 0.929. The molecule has 0 aliphatic carbocycles. The summed E-state index contributed by atoms with van der Waals surface area (Å²) in [6.45, 7) is 5.65. The van der Waals surface area contributed by atoms with Crippen LogP contribution >= 0.6 is 11.6 Å². The van der Waals surface area contributed by atoms with Gasteiger partial charge in [0.2, 0.25) is 0 Å². The van der Waals surface area contributed by atoms with E-state index in [1.807, 2.05) is 6.07 Å². The van der Waals surface area contributed by atoms with Crippen molar-refractivity contribution in [2.75, 3.05) is 26.3 Å². The molecule has 0 amide bonds. The fourth-order valence-electron chi connectivity index (χ4n) is 3.23. The molecule has 2 heterocycles. The Bertz CT molecular complexity index is 484. The Balaban J connectivity index is 1.92. The number of hydrogen-bond donors (Lipinski definition) is 1. The summed E-state index contributed by atoms with van der Waals surface area (Å²) >= 11 is 6.51. The van der Waals surface area contributed by atoms with Crippen molar-refractivity contribution in [1.29, 1.82) is 0 Å². The number of fused-ring (bicyclic) bond motifs is 1. The number of piperidine rings is 1. The SMILES string of the molecule is CCc1c(CC2CCNCC2)c(Cl)cc2c1OCCO2. The third kappa shape index (κ3) is 2.75. The van der Waals surface area contributed by atoms with Crippen molar-refractivity contribution in [3.05, 3.63) is 22.2 Å². The van der Waals surface area contributed by atoms with E-state index in [2.05, 4.69) is 12.2 Å². The van der Waals surface area contributed by atoms with Crippen LogP contribution in [0.1, 0.15) is 30.9 Å². The first kappa shape index (κ1) is 14.0. The van der Waals surface area contributed by atoms with Crippen LogP contribution < -0.4 is 14.8 Å². The van der Waals surface area contributed by atoms with Crippen LogP contribution in [-0.4, -0.2) is 26.3 Å². The predicted octanol–water partition coefficient (Wildman–Crippen LogP) is 3.22. The Labute approximate surface area is 125 Å². The highest BCUT2D eigenvalue weighted by Crippen LogP contribution is 2.41. The van der Waals surface area contributed by atoms with Crippen LogP contribution in [-0.2, 0) is 12.8 Å². The molecule has 0 unspecified atom stereocenters. The van der Waals surface area contributed by atoms with E-state index < -0.39 is 0 Å². The van der Waals surface area contributed by atoms with Crippen LogP contribution in [0.15, 0.2) is 6.07 Å². The van der Waals surface area contributed by atoms with Crippen LogP contribution in [0.2, 0.25) is 5.02 Å². The van der Waals surface area contributed by atoms with Crippen LogP contribution in [0.5, 0.6) is 11.5 Å². The second-order valence-electron chi connectivity index (χ2n) is 5.59. The van der Waals surface area contributed by atoms with Crippen LogP contribution in [0, 0.1) is 5.92 Å². The van der Waals surface area contributed by atoms with E-state index in [-0.39, 0.29) is 0 Å². The van der Waals surface area contributed by atoms with Gasteiger partial charge in [-0.1, -0.05) is 18.5 Å². The maximum absolute atomic E-state index is 6.51. The topological polar surface area (TPSA) is 30.5 Å². The zero-order valence-corrected chi connectivity index (χ0v) is 12.8. The van der Waals surface area contributed by atoms with Crippen LogP contribution in [0.3, 0.4) is 0 Å². The molecule has 110 valence electrons. The number of hydrogen-bond acceptors (Lipinski definition) is 3. The summed E-state index contributed by atoms with van der Waals surface area (Å²) in [4.78, 5) is 0. The highest BCUT2D eigenvalue weighted by molar-refractivity contribution is 6.31. The van der Waals surface area contributed by atoms with Gasteiger partial charge in [-0.15, -0.1) is 0 Å². The van der Waals surface area contributed by atoms with E-state index in [9.17, 15) is 0 Å². The van der Waals surface area contributed by atoms with Gasteiger partial charge in [-0.25, -0.2) is 0 Å². The number of benzene rings is 1. The average molecular weight is 296 g/mol. The molecule has 1 aromatic rings. The van der Waals surface area contributed by atoms with Gasteiger partial charge in [0.1, 0.15) is 13.2 Å². The van der Waals surface area contributed by atoms with Crippen molar-refractivity contribution in [2.24, 2.45) is 5.92 Å². The van der Waals surface area contributed by atoms with E-state index in [0.29, 0.717) is 13.2 Å². The maximum Gasteiger partial charge on any atom is 0.164 e. The lowest BCUT2D eigenvalue weighted by atomic mass is 9.88. The smallest absolute Gasteiger partial charge is 0.164 e. The van der Waals surface area contributed by atoms with Gasteiger partial charge in [0, 0.05) is 16.7 Å². The Morgan fingerprint density at radius 2 is 1.95 bits per heavy atom. The van der Waals surface area contributed by atoms with Gasteiger partial charge < -0.3 is 14.8 Å². The summed E-state index contributed by atoms with van der Waals surface area (Å²) in [6, 6.07) is 1.94. The molecule has 2 aliphatic rings. The number of ether oxygens (including phenoxy) is 2. The second kappa shape index (κ2) is 6.23. The first-order chi connectivity index (χ1) is 9.79. The van der Waals surface area contributed by atoms with Crippen molar-refractivity contribution in [3.63, 3.8) is 0 Å². The monoisotopic (exact) mass is 295 g/mol. The Morgan fingerprint density at radius 1 is 1.20 bits per heavy atom. The van der Waals surface area contributed by atoms with Crippen molar-refractivity contribution in [2.45, 2.75) is 32.6 Å². The minimum absolute atomic E-state index is 0.611. The molecule has 3 nitrogen and oxygen atoms in total. The molecule has 0 atom stereocenters. The van der Waals surface area contributed by atoms with E-state index >= 15 is 0 Å². The summed E-state index contributed by atoms with van der Waals surface area (Å²) in [5.74, 6) is 2.46. The lowest BCUT2D eigenvalue weighted by molar-refractivity contribution is 0.169. The molecule has 2 aliphatic heterocycles. The third-order valence-electron chi connectivity index (χ3n) is 4.30. The molecule has 0 saturated carbocycles. The third-order valence-corrected chi connectivity index (χ3v) is 4.64. The van der Waals surface area contributed by atoms with E-state index in [0.717, 1.165) is 48.4 Å². The fourth-order valence-corrected chi connectivity index (χ4v) is 3.52. The van der Waals surface area contributed by atoms with E-state index in [1.165, 1.54) is 24.0 Å². The minimum Gasteiger partial charge on any atom is -0.486 e. The molecule has 20 heavy (non-hydrogen) atoms.